The highest BCUT2D eigenvalue weighted by atomic mass is 32.1. The van der Waals surface area contributed by atoms with Crippen molar-refractivity contribution in [1.29, 1.82) is 0 Å². The van der Waals surface area contributed by atoms with Crippen LogP contribution in [-0.4, -0.2) is 52.0 Å². The number of H-pyrrole nitrogens is 1. The zero-order valence-corrected chi connectivity index (χ0v) is 15.1. The van der Waals surface area contributed by atoms with Gasteiger partial charge < -0.3 is 10.2 Å². The summed E-state index contributed by atoms with van der Waals surface area (Å²) in [4.78, 5) is 43.0. The fourth-order valence-electron chi connectivity index (χ4n) is 2.31. The molecule has 0 spiro atoms. The Kier molecular flexibility index (Phi) is 5.08. The van der Waals surface area contributed by atoms with Crippen LogP contribution in [0, 0.1) is 6.92 Å². The summed E-state index contributed by atoms with van der Waals surface area (Å²) >= 11 is 1.34. The molecule has 0 unspecified atom stereocenters. The second-order valence-corrected chi connectivity index (χ2v) is 6.79. The number of nitrogens with zero attached hydrogens (tertiary/aromatic N) is 3. The van der Waals surface area contributed by atoms with Crippen molar-refractivity contribution in [2.45, 2.75) is 6.92 Å². The predicted molar refractivity (Wildman–Crippen MR) is 98.5 cm³/mol. The Balaban J connectivity index is 1.56. The third kappa shape index (κ3) is 3.77. The molecule has 0 aliphatic heterocycles. The van der Waals surface area contributed by atoms with Crippen LogP contribution in [0.25, 0.3) is 10.2 Å². The van der Waals surface area contributed by atoms with Crippen LogP contribution in [0.4, 0.5) is 0 Å². The number of hydrogen-bond donors (Lipinski definition) is 2. The number of fused-ring (bicyclic) bond motifs is 1. The number of carbonyl (C=O) groups is 2. The molecule has 9 heteroatoms. The van der Waals surface area contributed by atoms with Crippen molar-refractivity contribution in [1.82, 2.24) is 25.4 Å². The van der Waals surface area contributed by atoms with Gasteiger partial charge in [0, 0.05) is 37.3 Å². The molecule has 3 aromatic rings. The smallest absolute Gasteiger partial charge is 0.271 e. The molecule has 2 N–H and O–H groups in total. The number of aryl methyl sites for hydroxylation is 1. The third-order valence-corrected chi connectivity index (χ3v) is 4.85. The van der Waals surface area contributed by atoms with Gasteiger partial charge in [0.05, 0.1) is 4.88 Å². The average Bonchev–Trinajstić information content (AvgIpc) is 3.07. The lowest BCUT2D eigenvalue weighted by Gasteiger charge is -2.16. The van der Waals surface area contributed by atoms with Crippen LogP contribution in [0.1, 0.15) is 25.7 Å². The summed E-state index contributed by atoms with van der Waals surface area (Å²) < 4.78 is 0. The van der Waals surface area contributed by atoms with Gasteiger partial charge >= 0.3 is 0 Å². The molecule has 0 aromatic carbocycles. The van der Waals surface area contributed by atoms with E-state index >= 15 is 0 Å². The minimum absolute atomic E-state index is 0.125. The fourth-order valence-corrected chi connectivity index (χ4v) is 3.31. The monoisotopic (exact) mass is 371 g/mol. The summed E-state index contributed by atoms with van der Waals surface area (Å²) in [5.74, 6) is -0.531. The van der Waals surface area contributed by atoms with Crippen LogP contribution in [-0.2, 0) is 0 Å². The van der Waals surface area contributed by atoms with Gasteiger partial charge in [0.25, 0.3) is 17.4 Å². The first-order valence-electron chi connectivity index (χ1n) is 7.90. The van der Waals surface area contributed by atoms with Gasteiger partial charge in [-0.25, -0.2) is 10.1 Å². The van der Waals surface area contributed by atoms with Gasteiger partial charge in [0.1, 0.15) is 10.5 Å². The molecular weight excluding hydrogens is 354 g/mol. The van der Waals surface area contributed by atoms with E-state index in [1.807, 2.05) is 18.2 Å². The lowest BCUT2D eigenvalue weighted by molar-refractivity contribution is 0.0791. The van der Waals surface area contributed by atoms with E-state index < -0.39 is 5.91 Å². The number of thiophene rings is 1. The first-order valence-corrected chi connectivity index (χ1v) is 8.72. The van der Waals surface area contributed by atoms with Crippen molar-refractivity contribution < 1.29 is 9.59 Å². The first kappa shape index (κ1) is 17.7. The molecule has 0 saturated carbocycles. The number of amides is 2. The van der Waals surface area contributed by atoms with Gasteiger partial charge in [-0.1, -0.05) is 6.07 Å². The predicted octanol–water partition coefficient (Wildman–Crippen LogP) is 1.19. The van der Waals surface area contributed by atoms with Gasteiger partial charge in [-0.3, -0.25) is 14.4 Å². The average molecular weight is 371 g/mol. The van der Waals surface area contributed by atoms with Crippen LogP contribution in [0.5, 0.6) is 0 Å². The Morgan fingerprint density at radius 1 is 1.35 bits per heavy atom. The molecule has 0 bridgehead atoms. The first-order chi connectivity index (χ1) is 12.5. The zero-order chi connectivity index (χ0) is 18.7. The third-order valence-electron chi connectivity index (χ3n) is 3.81. The van der Waals surface area contributed by atoms with E-state index in [2.05, 4.69) is 20.5 Å². The topological polar surface area (TPSA) is 108 Å². The molecule has 134 valence electrons. The number of rotatable bonds is 5. The standard InChI is InChI=1S/C17H17N5O3S/c1-10-8-12(20-21-14(10)23)15(24)18-6-7-22(2)17(25)13-9-11-4-3-5-19-16(11)26-13/h3-5,8-9H,6-7H2,1-2H3,(H,18,24)(H,21,23). The maximum Gasteiger partial charge on any atom is 0.271 e. The van der Waals surface area contributed by atoms with E-state index in [0.717, 1.165) is 10.2 Å². The minimum atomic E-state index is -0.406. The number of likely N-dealkylation sites (N-methyl/N-ethyl adjacent to an activating group) is 1. The van der Waals surface area contributed by atoms with Crippen molar-refractivity contribution in [3.05, 3.63) is 57.0 Å². The molecule has 0 aliphatic rings. The van der Waals surface area contributed by atoms with Crippen LogP contribution in [0.2, 0.25) is 0 Å². The molecule has 2 amide bonds. The largest absolute Gasteiger partial charge is 0.349 e. The summed E-state index contributed by atoms with van der Waals surface area (Å²) in [5, 5.41) is 9.59. The Morgan fingerprint density at radius 3 is 2.88 bits per heavy atom. The molecule has 3 aromatic heterocycles. The van der Waals surface area contributed by atoms with Crippen molar-refractivity contribution in [3.8, 4) is 0 Å². The molecule has 26 heavy (non-hydrogen) atoms. The highest BCUT2D eigenvalue weighted by Crippen LogP contribution is 2.24. The Labute approximate surface area is 152 Å². The number of hydrogen-bond acceptors (Lipinski definition) is 6. The van der Waals surface area contributed by atoms with Crippen LogP contribution in [0.15, 0.2) is 35.3 Å². The second-order valence-electron chi connectivity index (χ2n) is 5.76. The molecule has 0 radical (unpaired) electrons. The van der Waals surface area contributed by atoms with Gasteiger partial charge in [-0.15, -0.1) is 11.3 Å². The maximum absolute atomic E-state index is 12.5. The minimum Gasteiger partial charge on any atom is -0.349 e. The van der Waals surface area contributed by atoms with Gasteiger partial charge in [0.2, 0.25) is 0 Å². The Bertz CT molecular complexity index is 993. The van der Waals surface area contributed by atoms with Gasteiger partial charge in [-0.2, -0.15) is 5.10 Å². The summed E-state index contributed by atoms with van der Waals surface area (Å²) in [5.41, 5.74) is 0.215. The maximum atomic E-state index is 12.5. The van der Waals surface area contributed by atoms with Crippen molar-refractivity contribution in [2.75, 3.05) is 20.1 Å². The second kappa shape index (κ2) is 7.44. The number of aromatic amines is 1. The van der Waals surface area contributed by atoms with Crippen LogP contribution < -0.4 is 10.9 Å². The SMILES string of the molecule is Cc1cc(C(=O)NCCN(C)C(=O)c2cc3cccnc3s2)n[nH]c1=O. The molecule has 0 saturated heterocycles. The van der Waals surface area contributed by atoms with Crippen LogP contribution in [0.3, 0.4) is 0 Å². The summed E-state index contributed by atoms with van der Waals surface area (Å²) in [7, 11) is 1.68. The van der Waals surface area contributed by atoms with Crippen molar-refractivity contribution >= 4 is 33.4 Å². The Hall–Kier alpha value is -3.07. The van der Waals surface area contributed by atoms with E-state index in [-0.39, 0.29) is 23.7 Å². The van der Waals surface area contributed by atoms with Gasteiger partial charge in [0.15, 0.2) is 0 Å². The molecule has 3 rings (SSSR count). The normalized spacial score (nSPS) is 10.7. The summed E-state index contributed by atoms with van der Waals surface area (Å²) in [6.07, 6.45) is 1.69. The molecule has 8 nitrogen and oxygen atoms in total. The molecule has 0 fully saturated rings. The molecule has 3 heterocycles. The quantitative estimate of drug-likeness (QED) is 0.700. The molecular formula is C17H17N5O3S. The zero-order valence-electron chi connectivity index (χ0n) is 14.3. The molecule has 0 aliphatic carbocycles. The van der Waals surface area contributed by atoms with E-state index in [4.69, 9.17) is 0 Å². The van der Waals surface area contributed by atoms with E-state index in [1.54, 1.807) is 20.2 Å². The lowest BCUT2D eigenvalue weighted by Crippen LogP contribution is -2.36. The van der Waals surface area contributed by atoms with Gasteiger partial charge in [-0.05, 0) is 25.1 Å². The Morgan fingerprint density at radius 2 is 2.15 bits per heavy atom. The summed E-state index contributed by atoms with van der Waals surface area (Å²) in [6, 6.07) is 6.98. The molecule has 0 atom stereocenters. The van der Waals surface area contributed by atoms with E-state index in [9.17, 15) is 14.4 Å². The highest BCUT2D eigenvalue weighted by Gasteiger charge is 2.16. The lowest BCUT2D eigenvalue weighted by atomic mass is 10.2. The van der Waals surface area contributed by atoms with Crippen molar-refractivity contribution in [3.63, 3.8) is 0 Å². The fraction of sp³-hybridized carbons (Fsp3) is 0.235. The number of pyridine rings is 1. The van der Waals surface area contributed by atoms with E-state index in [0.29, 0.717) is 17.0 Å². The van der Waals surface area contributed by atoms with Crippen LogP contribution >= 0.6 is 11.3 Å². The highest BCUT2D eigenvalue weighted by molar-refractivity contribution is 7.20. The number of nitrogens with one attached hydrogen (secondary N) is 2. The number of aromatic nitrogens is 3. The number of carbonyl (C=O) groups excluding carboxylic acids is 2. The van der Waals surface area contributed by atoms with E-state index in [1.165, 1.54) is 22.3 Å². The summed E-state index contributed by atoms with van der Waals surface area (Å²) in [6.45, 7) is 2.21. The van der Waals surface area contributed by atoms with Crippen molar-refractivity contribution in [2.24, 2.45) is 0 Å².